The average Bonchev–Trinajstić information content (AvgIpc) is 2.88. The van der Waals surface area contributed by atoms with Crippen LogP contribution in [-0.2, 0) is 6.42 Å². The van der Waals surface area contributed by atoms with Crippen LogP contribution in [0.1, 0.15) is 56.2 Å². The molecule has 2 heterocycles. The Bertz CT molecular complexity index is 377. The third-order valence-corrected chi connectivity index (χ3v) is 5.25. The summed E-state index contributed by atoms with van der Waals surface area (Å²) in [5, 5.41) is 3.45. The van der Waals surface area contributed by atoms with Gasteiger partial charge in [-0.2, -0.15) is 0 Å². The summed E-state index contributed by atoms with van der Waals surface area (Å²) >= 11 is 1.80. The number of piperidine rings is 1. The van der Waals surface area contributed by atoms with E-state index in [4.69, 9.17) is 10.7 Å². The molecular weight excluding hydrogens is 254 g/mol. The Labute approximate surface area is 121 Å². The van der Waals surface area contributed by atoms with Crippen molar-refractivity contribution < 1.29 is 0 Å². The second-order valence-corrected chi connectivity index (χ2v) is 6.56. The molecule has 3 nitrogen and oxygen atoms in total. The maximum Gasteiger partial charge on any atom is 0.0969 e. The summed E-state index contributed by atoms with van der Waals surface area (Å²) in [6, 6.07) is 0.791. The van der Waals surface area contributed by atoms with Crippen molar-refractivity contribution >= 4 is 11.3 Å². The van der Waals surface area contributed by atoms with Gasteiger partial charge in [0.1, 0.15) is 0 Å². The number of aromatic nitrogens is 1. The van der Waals surface area contributed by atoms with E-state index in [1.807, 2.05) is 0 Å². The highest BCUT2D eigenvalue weighted by molar-refractivity contribution is 7.09. The van der Waals surface area contributed by atoms with Gasteiger partial charge in [0.25, 0.3) is 0 Å². The fourth-order valence-corrected chi connectivity index (χ4v) is 3.91. The first-order valence-electron chi connectivity index (χ1n) is 7.63. The highest BCUT2D eigenvalue weighted by Crippen LogP contribution is 2.26. The molecule has 4 heteroatoms. The smallest absolute Gasteiger partial charge is 0.0969 e. The highest BCUT2D eigenvalue weighted by atomic mass is 32.1. The van der Waals surface area contributed by atoms with Crippen LogP contribution in [0.15, 0.2) is 5.38 Å². The van der Waals surface area contributed by atoms with Gasteiger partial charge in [-0.25, -0.2) is 4.98 Å². The summed E-state index contributed by atoms with van der Waals surface area (Å²) in [5.74, 6) is 0.545. The SMILES string of the molecule is CCC1CCCCN1CC(C)c1nc(CCN)cs1. The van der Waals surface area contributed by atoms with Crippen LogP contribution in [0.25, 0.3) is 0 Å². The molecule has 1 fully saturated rings. The standard InChI is InChI=1S/C15H27N3S/c1-3-14-6-4-5-9-18(14)10-12(2)15-17-13(7-8-16)11-19-15/h11-12,14H,3-10,16H2,1-2H3. The van der Waals surface area contributed by atoms with Crippen molar-refractivity contribution in [2.45, 2.75) is 57.9 Å². The predicted molar refractivity (Wildman–Crippen MR) is 82.8 cm³/mol. The molecule has 1 saturated heterocycles. The minimum atomic E-state index is 0.545. The number of thiazole rings is 1. The molecule has 19 heavy (non-hydrogen) atoms. The lowest BCUT2D eigenvalue weighted by Gasteiger charge is -2.36. The third kappa shape index (κ3) is 4.01. The molecule has 0 spiro atoms. The minimum Gasteiger partial charge on any atom is -0.330 e. The summed E-state index contributed by atoms with van der Waals surface area (Å²) < 4.78 is 0. The fourth-order valence-electron chi connectivity index (χ4n) is 3.00. The topological polar surface area (TPSA) is 42.2 Å². The lowest BCUT2D eigenvalue weighted by atomic mass is 9.98. The monoisotopic (exact) mass is 281 g/mol. The molecule has 108 valence electrons. The zero-order valence-electron chi connectivity index (χ0n) is 12.3. The number of rotatable bonds is 6. The normalized spacial score (nSPS) is 22.6. The zero-order valence-corrected chi connectivity index (χ0v) is 13.1. The van der Waals surface area contributed by atoms with Gasteiger partial charge in [-0.1, -0.05) is 20.3 Å². The Morgan fingerprint density at radius 3 is 3.11 bits per heavy atom. The number of hydrogen-bond donors (Lipinski definition) is 1. The lowest BCUT2D eigenvalue weighted by Crippen LogP contribution is -2.41. The molecule has 2 unspecified atom stereocenters. The summed E-state index contributed by atoms with van der Waals surface area (Å²) in [7, 11) is 0. The summed E-state index contributed by atoms with van der Waals surface area (Å²) in [6.07, 6.45) is 6.33. The average molecular weight is 281 g/mol. The molecule has 2 rings (SSSR count). The minimum absolute atomic E-state index is 0.545. The first-order valence-corrected chi connectivity index (χ1v) is 8.51. The summed E-state index contributed by atoms with van der Waals surface area (Å²) in [4.78, 5) is 7.41. The molecule has 0 aliphatic carbocycles. The first kappa shape index (κ1) is 14.9. The first-order chi connectivity index (χ1) is 9.24. The van der Waals surface area contributed by atoms with Crippen LogP contribution in [0, 0.1) is 0 Å². The van der Waals surface area contributed by atoms with Crippen LogP contribution in [0.4, 0.5) is 0 Å². The molecule has 0 saturated carbocycles. The number of nitrogens with zero attached hydrogens (tertiary/aromatic N) is 2. The van der Waals surface area contributed by atoms with E-state index in [1.165, 1.54) is 42.9 Å². The second-order valence-electron chi connectivity index (χ2n) is 5.67. The maximum absolute atomic E-state index is 5.59. The number of hydrogen-bond acceptors (Lipinski definition) is 4. The molecule has 0 radical (unpaired) electrons. The molecule has 2 atom stereocenters. The molecule has 1 aliphatic heterocycles. The summed E-state index contributed by atoms with van der Waals surface area (Å²) in [6.45, 7) is 7.75. The molecule has 1 aromatic rings. The van der Waals surface area contributed by atoms with E-state index >= 15 is 0 Å². The van der Waals surface area contributed by atoms with Gasteiger partial charge in [-0.15, -0.1) is 11.3 Å². The molecule has 1 aliphatic rings. The van der Waals surface area contributed by atoms with E-state index in [2.05, 4.69) is 24.1 Å². The van der Waals surface area contributed by atoms with Gasteiger partial charge in [-0.3, -0.25) is 4.90 Å². The fraction of sp³-hybridized carbons (Fsp3) is 0.800. The molecule has 0 aromatic carbocycles. The summed E-state index contributed by atoms with van der Waals surface area (Å²) in [5.41, 5.74) is 6.75. The Kier molecular flexibility index (Phi) is 5.79. The van der Waals surface area contributed by atoms with Crippen LogP contribution in [0.3, 0.4) is 0 Å². The van der Waals surface area contributed by atoms with E-state index in [9.17, 15) is 0 Å². The van der Waals surface area contributed by atoms with E-state index in [0.717, 1.165) is 19.0 Å². The quantitative estimate of drug-likeness (QED) is 0.871. The van der Waals surface area contributed by atoms with Gasteiger partial charge in [0.05, 0.1) is 10.7 Å². The van der Waals surface area contributed by atoms with Crippen LogP contribution < -0.4 is 5.73 Å². The van der Waals surface area contributed by atoms with Crippen LogP contribution in [0.2, 0.25) is 0 Å². The van der Waals surface area contributed by atoms with Crippen molar-refractivity contribution in [2.75, 3.05) is 19.6 Å². The van der Waals surface area contributed by atoms with Gasteiger partial charge in [0.15, 0.2) is 0 Å². The molecule has 1 aromatic heterocycles. The molecular formula is C15H27N3S. The van der Waals surface area contributed by atoms with Gasteiger partial charge in [0.2, 0.25) is 0 Å². The van der Waals surface area contributed by atoms with Crippen LogP contribution in [0.5, 0.6) is 0 Å². The lowest BCUT2D eigenvalue weighted by molar-refractivity contribution is 0.137. The van der Waals surface area contributed by atoms with Crippen LogP contribution in [-0.4, -0.2) is 35.6 Å². The molecule has 0 bridgehead atoms. The maximum atomic E-state index is 5.59. The van der Waals surface area contributed by atoms with Crippen LogP contribution >= 0.6 is 11.3 Å². The van der Waals surface area contributed by atoms with E-state index in [-0.39, 0.29) is 0 Å². The predicted octanol–water partition coefficient (Wildman–Crippen LogP) is 3.01. The van der Waals surface area contributed by atoms with Gasteiger partial charge >= 0.3 is 0 Å². The van der Waals surface area contributed by atoms with E-state index in [0.29, 0.717) is 12.5 Å². The Balaban J connectivity index is 1.92. The van der Waals surface area contributed by atoms with Crippen molar-refractivity contribution in [2.24, 2.45) is 5.73 Å². The molecule has 0 amide bonds. The van der Waals surface area contributed by atoms with Crippen molar-refractivity contribution in [3.63, 3.8) is 0 Å². The Hall–Kier alpha value is -0.450. The number of nitrogens with two attached hydrogens (primary N) is 1. The molecule has 2 N–H and O–H groups in total. The van der Waals surface area contributed by atoms with Crippen molar-refractivity contribution in [1.82, 2.24) is 9.88 Å². The van der Waals surface area contributed by atoms with Crippen molar-refractivity contribution in [1.29, 1.82) is 0 Å². The Morgan fingerprint density at radius 2 is 2.37 bits per heavy atom. The zero-order chi connectivity index (χ0) is 13.7. The van der Waals surface area contributed by atoms with Gasteiger partial charge in [-0.05, 0) is 32.4 Å². The van der Waals surface area contributed by atoms with E-state index < -0.39 is 0 Å². The second kappa shape index (κ2) is 7.36. The van der Waals surface area contributed by atoms with E-state index in [1.54, 1.807) is 11.3 Å². The number of likely N-dealkylation sites (tertiary alicyclic amines) is 1. The van der Waals surface area contributed by atoms with Crippen molar-refractivity contribution in [3.8, 4) is 0 Å². The van der Waals surface area contributed by atoms with Gasteiger partial charge in [0, 0.05) is 30.3 Å². The van der Waals surface area contributed by atoms with Gasteiger partial charge < -0.3 is 5.73 Å². The Morgan fingerprint density at radius 1 is 1.53 bits per heavy atom. The highest BCUT2D eigenvalue weighted by Gasteiger charge is 2.23. The third-order valence-electron chi connectivity index (χ3n) is 4.12. The largest absolute Gasteiger partial charge is 0.330 e. The van der Waals surface area contributed by atoms with Crippen molar-refractivity contribution in [3.05, 3.63) is 16.1 Å².